The Morgan fingerprint density at radius 1 is 0.758 bits per heavy atom. The Kier molecular flexibility index (Phi) is 5.27. The number of nitrogens with one attached hydrogen (secondary N) is 1. The predicted molar refractivity (Wildman–Crippen MR) is 135 cm³/mol. The third kappa shape index (κ3) is 4.15. The number of anilines is 1. The van der Waals surface area contributed by atoms with E-state index in [1.54, 1.807) is 0 Å². The highest BCUT2D eigenvalue weighted by Crippen LogP contribution is 2.28. The molecule has 1 amide bonds. The molecule has 0 unspecified atom stereocenters. The minimum atomic E-state index is -0.226. The van der Waals surface area contributed by atoms with Gasteiger partial charge in [-0.05, 0) is 73.0 Å². The highest BCUT2D eigenvalue weighted by molar-refractivity contribution is 6.04. The van der Waals surface area contributed by atoms with Crippen molar-refractivity contribution in [2.45, 2.75) is 20.8 Å². The summed E-state index contributed by atoms with van der Waals surface area (Å²) in [5.41, 5.74) is 7.29. The number of benzene rings is 4. The largest absolute Gasteiger partial charge is 0.320 e. The number of aromatic nitrogens is 2. The molecule has 1 N–H and O–H groups in total. The van der Waals surface area contributed by atoms with Crippen LogP contribution in [0.1, 0.15) is 27.2 Å². The van der Waals surface area contributed by atoms with Crippen LogP contribution >= 0.6 is 0 Å². The summed E-state index contributed by atoms with van der Waals surface area (Å²) in [6, 6.07) is 30.6. The quantitative estimate of drug-likeness (QED) is 0.337. The molecule has 5 rings (SSSR count). The molecule has 0 aliphatic heterocycles. The molecule has 0 bridgehead atoms. The fourth-order valence-corrected chi connectivity index (χ4v) is 4.14. The number of fused-ring (bicyclic) bond motifs is 1. The zero-order valence-electron chi connectivity index (χ0n) is 19.0. The number of carbonyl (C=O) groups excluding carboxylic acids is 1. The van der Waals surface area contributed by atoms with Crippen molar-refractivity contribution in [3.63, 3.8) is 0 Å². The van der Waals surface area contributed by atoms with E-state index in [9.17, 15) is 4.79 Å². The van der Waals surface area contributed by atoms with Crippen molar-refractivity contribution in [1.82, 2.24) is 9.78 Å². The van der Waals surface area contributed by atoms with Crippen LogP contribution in [0.15, 0.2) is 91.0 Å². The predicted octanol–water partition coefficient (Wildman–Crippen LogP) is 6.87. The summed E-state index contributed by atoms with van der Waals surface area (Å²) in [6.45, 7) is 6.09. The summed E-state index contributed by atoms with van der Waals surface area (Å²) < 4.78 is 1.86. The summed E-state index contributed by atoms with van der Waals surface area (Å²) in [4.78, 5) is 13.2. The van der Waals surface area contributed by atoms with Gasteiger partial charge in [-0.2, -0.15) is 5.10 Å². The highest BCUT2D eigenvalue weighted by atomic mass is 16.2. The number of hydrogen-bond donors (Lipinski definition) is 1. The molecule has 0 atom stereocenters. The summed E-state index contributed by atoms with van der Waals surface area (Å²) >= 11 is 0. The van der Waals surface area contributed by atoms with Crippen molar-refractivity contribution < 1.29 is 4.79 Å². The first-order chi connectivity index (χ1) is 16.0. The molecular formula is C29H25N3O. The first-order valence-electron chi connectivity index (χ1n) is 11.0. The zero-order chi connectivity index (χ0) is 22.9. The number of hydrogen-bond acceptors (Lipinski definition) is 2. The number of amides is 1. The average molecular weight is 432 g/mol. The minimum absolute atomic E-state index is 0.226. The number of rotatable bonds is 4. The highest BCUT2D eigenvalue weighted by Gasteiger charge is 2.18. The molecule has 5 aromatic rings. The van der Waals surface area contributed by atoms with E-state index in [1.165, 1.54) is 5.39 Å². The van der Waals surface area contributed by atoms with E-state index < -0.39 is 0 Å². The summed E-state index contributed by atoms with van der Waals surface area (Å²) in [5, 5.41) is 10.1. The molecule has 0 radical (unpaired) electrons. The first-order valence-corrected chi connectivity index (χ1v) is 11.0. The molecule has 0 fully saturated rings. The van der Waals surface area contributed by atoms with E-state index in [-0.39, 0.29) is 5.91 Å². The van der Waals surface area contributed by atoms with Gasteiger partial charge in [0.15, 0.2) is 5.69 Å². The van der Waals surface area contributed by atoms with E-state index in [2.05, 4.69) is 60.8 Å². The molecule has 33 heavy (non-hydrogen) atoms. The van der Waals surface area contributed by atoms with Gasteiger partial charge in [-0.3, -0.25) is 4.79 Å². The fourth-order valence-electron chi connectivity index (χ4n) is 4.14. The normalized spacial score (nSPS) is 11.0. The van der Waals surface area contributed by atoms with Crippen LogP contribution in [0.25, 0.3) is 27.7 Å². The van der Waals surface area contributed by atoms with Gasteiger partial charge in [0, 0.05) is 11.3 Å². The Morgan fingerprint density at radius 2 is 1.55 bits per heavy atom. The van der Waals surface area contributed by atoms with E-state index >= 15 is 0 Å². The maximum atomic E-state index is 13.2. The second-order valence-electron chi connectivity index (χ2n) is 8.50. The fraction of sp³-hybridized carbons (Fsp3) is 0.103. The van der Waals surface area contributed by atoms with E-state index in [4.69, 9.17) is 5.10 Å². The summed E-state index contributed by atoms with van der Waals surface area (Å²) in [7, 11) is 0. The van der Waals surface area contributed by atoms with Crippen molar-refractivity contribution in [1.29, 1.82) is 0 Å². The van der Waals surface area contributed by atoms with Gasteiger partial charge in [0.1, 0.15) is 0 Å². The molecule has 4 heteroatoms. The van der Waals surface area contributed by atoms with Gasteiger partial charge in [-0.25, -0.2) is 4.68 Å². The van der Waals surface area contributed by atoms with Crippen LogP contribution in [-0.2, 0) is 0 Å². The molecule has 0 aliphatic carbocycles. The summed E-state index contributed by atoms with van der Waals surface area (Å²) in [6.07, 6.45) is 0. The lowest BCUT2D eigenvalue weighted by molar-refractivity contribution is 0.102. The second kappa shape index (κ2) is 8.40. The first kappa shape index (κ1) is 20.7. The Bertz CT molecular complexity index is 1500. The third-order valence-corrected chi connectivity index (χ3v) is 5.86. The van der Waals surface area contributed by atoms with Crippen molar-refractivity contribution in [2.24, 2.45) is 0 Å². The van der Waals surface area contributed by atoms with Crippen LogP contribution in [0.2, 0.25) is 0 Å². The Labute approximate surface area is 193 Å². The van der Waals surface area contributed by atoms with Gasteiger partial charge in [0.25, 0.3) is 5.91 Å². The molecule has 1 heterocycles. The minimum Gasteiger partial charge on any atom is -0.320 e. The van der Waals surface area contributed by atoms with Gasteiger partial charge in [-0.1, -0.05) is 66.2 Å². The second-order valence-corrected chi connectivity index (χ2v) is 8.50. The lowest BCUT2D eigenvalue weighted by Crippen LogP contribution is -2.14. The monoisotopic (exact) mass is 431 g/mol. The van der Waals surface area contributed by atoms with Crippen LogP contribution < -0.4 is 5.32 Å². The van der Waals surface area contributed by atoms with E-state index in [0.717, 1.165) is 44.7 Å². The average Bonchev–Trinajstić information content (AvgIpc) is 3.26. The van der Waals surface area contributed by atoms with Gasteiger partial charge >= 0.3 is 0 Å². The molecule has 1 aromatic heterocycles. The molecule has 0 spiro atoms. The molecule has 4 nitrogen and oxygen atoms in total. The number of nitrogens with zero attached hydrogens (tertiary/aromatic N) is 2. The van der Waals surface area contributed by atoms with Crippen molar-refractivity contribution in [3.8, 4) is 16.9 Å². The van der Waals surface area contributed by atoms with Gasteiger partial charge in [0.2, 0.25) is 0 Å². The van der Waals surface area contributed by atoms with E-state index in [0.29, 0.717) is 5.69 Å². The Morgan fingerprint density at radius 3 is 2.33 bits per heavy atom. The number of aryl methyl sites for hydroxylation is 3. The lowest BCUT2D eigenvalue weighted by atomic mass is 10.0. The van der Waals surface area contributed by atoms with Crippen LogP contribution in [0.3, 0.4) is 0 Å². The van der Waals surface area contributed by atoms with Crippen LogP contribution in [0.4, 0.5) is 5.69 Å². The molecule has 0 saturated heterocycles. The zero-order valence-corrected chi connectivity index (χ0v) is 19.0. The maximum Gasteiger partial charge on any atom is 0.276 e. The SMILES string of the molecule is Cc1cccc(-n2nc(C(=O)Nc3ccc(C)cc3C)cc2-c2ccc3ccccc3c2)c1. The standard InChI is InChI=1S/C29H25N3O/c1-19-7-6-10-25(16-19)32-28(24-13-12-22-8-4-5-9-23(22)17-24)18-27(31-32)29(33)30-26-14-11-20(2)15-21(26)3/h4-18H,1-3H3,(H,30,33). The van der Waals surface area contributed by atoms with Crippen LogP contribution in [0.5, 0.6) is 0 Å². The topological polar surface area (TPSA) is 46.9 Å². The molecule has 0 saturated carbocycles. The molecule has 0 aliphatic rings. The van der Waals surface area contributed by atoms with Gasteiger partial charge < -0.3 is 5.32 Å². The smallest absolute Gasteiger partial charge is 0.276 e. The lowest BCUT2D eigenvalue weighted by Gasteiger charge is -2.09. The van der Waals surface area contributed by atoms with E-state index in [1.807, 2.05) is 61.0 Å². The summed E-state index contributed by atoms with van der Waals surface area (Å²) in [5.74, 6) is -0.226. The van der Waals surface area contributed by atoms with Gasteiger partial charge in [-0.15, -0.1) is 0 Å². The van der Waals surface area contributed by atoms with Crippen LogP contribution in [-0.4, -0.2) is 15.7 Å². The van der Waals surface area contributed by atoms with Crippen molar-refractivity contribution in [3.05, 3.63) is 113 Å². The molecular weight excluding hydrogens is 406 g/mol. The van der Waals surface area contributed by atoms with Crippen molar-refractivity contribution >= 4 is 22.4 Å². The Hall–Kier alpha value is -4.18. The maximum absolute atomic E-state index is 13.2. The third-order valence-electron chi connectivity index (χ3n) is 5.86. The van der Waals surface area contributed by atoms with Gasteiger partial charge in [0.05, 0.1) is 11.4 Å². The Balaban J connectivity index is 1.60. The van der Waals surface area contributed by atoms with Crippen LogP contribution in [0, 0.1) is 20.8 Å². The number of carbonyl (C=O) groups is 1. The molecule has 162 valence electrons. The van der Waals surface area contributed by atoms with Crippen molar-refractivity contribution in [2.75, 3.05) is 5.32 Å². The molecule has 4 aromatic carbocycles.